The minimum absolute atomic E-state index is 0.00103. The summed E-state index contributed by atoms with van der Waals surface area (Å²) in [6.07, 6.45) is -0.304. The van der Waals surface area contributed by atoms with Crippen LogP contribution in [-0.4, -0.2) is 81.1 Å². The van der Waals surface area contributed by atoms with Crippen LogP contribution in [0.3, 0.4) is 0 Å². The van der Waals surface area contributed by atoms with Gasteiger partial charge in [-0.05, 0) is 24.0 Å². The summed E-state index contributed by atoms with van der Waals surface area (Å²) in [7, 11) is 0. The largest absolute Gasteiger partial charge is 0.481 e. The summed E-state index contributed by atoms with van der Waals surface area (Å²) in [4.78, 5) is 63.3. The van der Waals surface area contributed by atoms with Crippen molar-refractivity contribution in [1.82, 2.24) is 15.5 Å². The molecule has 2 heterocycles. The number of thioether (sulfide) groups is 1. The first kappa shape index (κ1) is 30.1. The number of esters is 1. The number of fused-ring (bicyclic) bond motifs is 1. The molecule has 2 aromatic rings. The molecule has 2 saturated heterocycles. The number of nitrogens with zero attached hydrogens (tertiary/aromatic N) is 1. The van der Waals surface area contributed by atoms with Gasteiger partial charge in [0.05, 0.1) is 6.61 Å². The lowest BCUT2D eigenvalue weighted by Gasteiger charge is -2.53. The standard InChI is InChI=1S/C29H33N3O8S/c1-18(34)30-21(27(37)40-24(19-9-4-2-5-10-19)20-11-6-3-7-12-20)13-8-14-22(35)31-23-25(36)32-15-29(16-33,28(38)39)17-41-26(23)32/h2-7,9-12,21,23-24,26,33H,8,13-17H2,1H3,(H,30,34)(H,31,35)(H,38,39)/t21?,23?,26-,29?/m1/s1. The van der Waals surface area contributed by atoms with E-state index in [-0.39, 0.29) is 31.6 Å². The highest BCUT2D eigenvalue weighted by molar-refractivity contribution is 8.00. The zero-order chi connectivity index (χ0) is 29.6. The lowest BCUT2D eigenvalue weighted by Crippen LogP contribution is -2.74. The number of β-lactam (4-membered cyclic amide) rings is 1. The molecule has 4 rings (SSSR count). The smallest absolute Gasteiger partial charge is 0.329 e. The molecule has 2 aliphatic heterocycles. The first-order chi connectivity index (χ1) is 19.6. The number of nitrogens with one attached hydrogen (secondary N) is 2. The van der Waals surface area contributed by atoms with Crippen LogP contribution in [0.4, 0.5) is 0 Å². The number of aliphatic hydroxyl groups is 1. The Bertz CT molecular complexity index is 1240. The molecule has 0 radical (unpaired) electrons. The van der Waals surface area contributed by atoms with Crippen molar-refractivity contribution in [3.05, 3.63) is 71.8 Å². The van der Waals surface area contributed by atoms with E-state index in [0.29, 0.717) is 0 Å². The molecular formula is C29H33N3O8S. The van der Waals surface area contributed by atoms with Gasteiger partial charge in [-0.15, -0.1) is 11.8 Å². The van der Waals surface area contributed by atoms with Crippen LogP contribution in [0, 0.1) is 5.41 Å². The maximum atomic E-state index is 13.2. The van der Waals surface area contributed by atoms with Crippen molar-refractivity contribution in [3.8, 4) is 0 Å². The molecule has 4 atom stereocenters. The Balaban J connectivity index is 1.32. The van der Waals surface area contributed by atoms with Crippen molar-refractivity contribution >= 4 is 41.4 Å². The zero-order valence-electron chi connectivity index (χ0n) is 22.5. The fraction of sp³-hybridized carbons (Fsp3) is 0.414. The average molecular weight is 584 g/mol. The van der Waals surface area contributed by atoms with E-state index in [1.165, 1.54) is 23.6 Å². The van der Waals surface area contributed by atoms with Crippen LogP contribution in [0.25, 0.3) is 0 Å². The van der Waals surface area contributed by atoms with Crippen LogP contribution in [0.5, 0.6) is 0 Å². The average Bonchev–Trinajstić information content (AvgIpc) is 2.98. The Labute approximate surface area is 241 Å². The maximum Gasteiger partial charge on any atom is 0.329 e. The Morgan fingerprint density at radius 1 is 1.07 bits per heavy atom. The van der Waals surface area contributed by atoms with Gasteiger partial charge >= 0.3 is 11.9 Å². The summed E-state index contributed by atoms with van der Waals surface area (Å²) in [6.45, 7) is 0.595. The van der Waals surface area contributed by atoms with Gasteiger partial charge in [-0.3, -0.25) is 19.2 Å². The number of carboxylic acids is 1. The second kappa shape index (κ2) is 13.2. The molecule has 2 aliphatic rings. The number of carboxylic acid groups (broad SMARTS) is 1. The van der Waals surface area contributed by atoms with Crippen LogP contribution in [0.1, 0.15) is 43.4 Å². The number of ether oxygens (including phenoxy) is 1. The molecule has 11 nitrogen and oxygen atoms in total. The highest BCUT2D eigenvalue weighted by Gasteiger charge is 2.57. The highest BCUT2D eigenvalue weighted by Crippen LogP contribution is 2.42. The van der Waals surface area contributed by atoms with Crippen LogP contribution in [-0.2, 0) is 28.7 Å². The van der Waals surface area contributed by atoms with Crippen LogP contribution in [0.15, 0.2) is 60.7 Å². The van der Waals surface area contributed by atoms with E-state index in [4.69, 9.17) is 4.74 Å². The van der Waals surface area contributed by atoms with Crippen molar-refractivity contribution in [2.45, 2.75) is 49.7 Å². The molecule has 0 aliphatic carbocycles. The van der Waals surface area contributed by atoms with Gasteiger partial charge in [0.15, 0.2) is 6.10 Å². The van der Waals surface area contributed by atoms with Crippen LogP contribution in [0.2, 0.25) is 0 Å². The summed E-state index contributed by atoms with van der Waals surface area (Å²) in [5, 5.41) is 24.0. The SMILES string of the molecule is CC(=O)NC(CCCC(=O)NC1C(=O)N2CC(CO)(C(=O)O)CS[C@H]12)C(=O)OC(c1ccccc1)c1ccccc1. The molecule has 41 heavy (non-hydrogen) atoms. The molecule has 2 aromatic carbocycles. The second-order valence-electron chi connectivity index (χ2n) is 10.2. The van der Waals surface area contributed by atoms with E-state index in [1.807, 2.05) is 60.7 Å². The molecule has 2 fully saturated rings. The predicted molar refractivity (Wildman–Crippen MR) is 149 cm³/mol. The molecule has 12 heteroatoms. The fourth-order valence-corrected chi connectivity index (χ4v) is 6.44. The van der Waals surface area contributed by atoms with Crippen LogP contribution < -0.4 is 10.6 Å². The summed E-state index contributed by atoms with van der Waals surface area (Å²) in [5.41, 5.74) is 0.124. The van der Waals surface area contributed by atoms with Crippen molar-refractivity contribution in [2.24, 2.45) is 5.41 Å². The topological polar surface area (TPSA) is 162 Å². The summed E-state index contributed by atoms with van der Waals surface area (Å²) in [5.74, 6) is -2.90. The van der Waals surface area contributed by atoms with Gasteiger partial charge in [0, 0.05) is 25.6 Å². The third kappa shape index (κ3) is 6.88. The van der Waals surface area contributed by atoms with E-state index >= 15 is 0 Å². The number of aliphatic carboxylic acids is 1. The van der Waals surface area contributed by atoms with E-state index in [2.05, 4.69) is 10.6 Å². The number of aliphatic hydroxyl groups excluding tert-OH is 1. The molecular weight excluding hydrogens is 550 g/mol. The number of carbonyl (C=O) groups is 5. The van der Waals surface area contributed by atoms with E-state index in [1.54, 1.807) is 0 Å². The quantitative estimate of drug-likeness (QED) is 0.214. The van der Waals surface area contributed by atoms with Gasteiger partial charge in [-0.25, -0.2) is 4.79 Å². The first-order valence-electron chi connectivity index (χ1n) is 13.3. The summed E-state index contributed by atoms with van der Waals surface area (Å²) >= 11 is 1.21. The van der Waals surface area contributed by atoms with Gasteiger partial charge in [0.1, 0.15) is 22.9 Å². The number of carbonyl (C=O) groups excluding carboxylic acids is 4. The van der Waals surface area contributed by atoms with Gasteiger partial charge < -0.3 is 30.5 Å². The number of hydrogen-bond acceptors (Lipinski definition) is 8. The van der Waals surface area contributed by atoms with E-state index in [9.17, 15) is 34.2 Å². The monoisotopic (exact) mass is 583 g/mol. The van der Waals surface area contributed by atoms with Gasteiger partial charge in [-0.2, -0.15) is 0 Å². The predicted octanol–water partition coefficient (Wildman–Crippen LogP) is 1.46. The number of rotatable bonds is 12. The Kier molecular flexibility index (Phi) is 9.66. The Hall–Kier alpha value is -3.90. The normalized spacial score (nSPS) is 22.2. The first-order valence-corrected chi connectivity index (χ1v) is 14.3. The maximum absolute atomic E-state index is 13.2. The fourth-order valence-electron chi connectivity index (χ4n) is 4.91. The number of hydrogen-bond donors (Lipinski definition) is 4. The minimum Gasteiger partial charge on any atom is -0.481 e. The molecule has 4 N–H and O–H groups in total. The minimum atomic E-state index is -1.42. The van der Waals surface area contributed by atoms with E-state index < -0.39 is 65.2 Å². The molecule has 0 spiro atoms. The van der Waals surface area contributed by atoms with Crippen molar-refractivity contribution in [1.29, 1.82) is 0 Å². The van der Waals surface area contributed by atoms with Crippen molar-refractivity contribution in [3.63, 3.8) is 0 Å². The van der Waals surface area contributed by atoms with Gasteiger partial charge in [0.2, 0.25) is 17.7 Å². The Morgan fingerprint density at radius 2 is 1.68 bits per heavy atom. The number of amides is 3. The zero-order valence-corrected chi connectivity index (χ0v) is 23.3. The Morgan fingerprint density at radius 3 is 2.22 bits per heavy atom. The van der Waals surface area contributed by atoms with Gasteiger partial charge in [-0.1, -0.05) is 60.7 Å². The number of benzene rings is 2. The molecule has 218 valence electrons. The van der Waals surface area contributed by atoms with Crippen molar-refractivity contribution < 1.29 is 38.9 Å². The molecule has 0 aromatic heterocycles. The third-order valence-corrected chi connectivity index (χ3v) is 8.80. The molecule has 3 unspecified atom stereocenters. The lowest BCUT2D eigenvalue weighted by atomic mass is 9.88. The molecule has 3 amide bonds. The highest BCUT2D eigenvalue weighted by atomic mass is 32.2. The van der Waals surface area contributed by atoms with Gasteiger partial charge in [0.25, 0.3) is 0 Å². The lowest BCUT2D eigenvalue weighted by molar-refractivity contribution is -0.161. The third-order valence-electron chi connectivity index (χ3n) is 7.21. The summed E-state index contributed by atoms with van der Waals surface area (Å²) < 4.78 is 5.88. The molecule has 0 saturated carbocycles. The van der Waals surface area contributed by atoms with E-state index in [0.717, 1.165) is 11.1 Å². The van der Waals surface area contributed by atoms with Crippen LogP contribution >= 0.6 is 11.8 Å². The summed E-state index contributed by atoms with van der Waals surface area (Å²) in [6, 6.07) is 16.7. The molecule has 0 bridgehead atoms. The van der Waals surface area contributed by atoms with Crippen molar-refractivity contribution in [2.75, 3.05) is 18.9 Å². The second-order valence-corrected chi connectivity index (χ2v) is 11.3.